The number of aromatic nitrogens is 3. The summed E-state index contributed by atoms with van der Waals surface area (Å²) in [6.45, 7) is 0. The number of carboxylic acid groups (broad SMARTS) is 1. The van der Waals surface area contributed by atoms with E-state index in [0.717, 1.165) is 19.3 Å². The quantitative estimate of drug-likeness (QED) is 0.891. The van der Waals surface area contributed by atoms with Gasteiger partial charge in [-0.1, -0.05) is 0 Å². The fraction of sp³-hybridized carbons (Fsp3) is 0.417. The maximum Gasteiger partial charge on any atom is 0.341 e. The van der Waals surface area contributed by atoms with Gasteiger partial charge in [-0.3, -0.25) is 4.68 Å². The Labute approximate surface area is 103 Å². The molecule has 2 aromatic rings. The van der Waals surface area contributed by atoms with Crippen molar-refractivity contribution in [3.63, 3.8) is 0 Å². The number of hydrogen-bond acceptors (Lipinski definition) is 4. The van der Waals surface area contributed by atoms with Gasteiger partial charge in [0.15, 0.2) is 5.65 Å². The average molecular weight is 247 g/mol. The number of hydrogen-bond donors (Lipinski definition) is 1. The fourth-order valence-corrected chi connectivity index (χ4v) is 2.01. The van der Waals surface area contributed by atoms with Crippen LogP contribution in [-0.4, -0.2) is 31.9 Å². The lowest BCUT2D eigenvalue weighted by Gasteiger charge is -2.27. The second-order valence-electron chi connectivity index (χ2n) is 4.48. The molecule has 6 heteroatoms. The van der Waals surface area contributed by atoms with Gasteiger partial charge in [-0.2, -0.15) is 5.10 Å². The molecule has 94 valence electrons. The summed E-state index contributed by atoms with van der Waals surface area (Å²) in [5.74, 6) is -0.632. The van der Waals surface area contributed by atoms with Crippen molar-refractivity contribution >= 4 is 17.0 Å². The summed E-state index contributed by atoms with van der Waals surface area (Å²) < 4.78 is 7.40. The maximum atomic E-state index is 11.2. The molecule has 2 heterocycles. The third kappa shape index (κ3) is 1.61. The van der Waals surface area contributed by atoms with Crippen LogP contribution >= 0.6 is 0 Å². The van der Waals surface area contributed by atoms with Crippen LogP contribution < -0.4 is 4.74 Å². The smallest absolute Gasteiger partial charge is 0.341 e. The van der Waals surface area contributed by atoms with Crippen LogP contribution in [0.1, 0.15) is 29.6 Å². The van der Waals surface area contributed by atoms with Crippen LogP contribution in [0.25, 0.3) is 11.0 Å². The van der Waals surface area contributed by atoms with Crippen molar-refractivity contribution in [3.8, 4) is 5.75 Å². The Morgan fingerprint density at radius 2 is 2.28 bits per heavy atom. The lowest BCUT2D eigenvalue weighted by Crippen LogP contribution is -2.25. The number of rotatable bonds is 3. The first-order valence-corrected chi connectivity index (χ1v) is 5.87. The molecule has 0 atom stereocenters. The summed E-state index contributed by atoms with van der Waals surface area (Å²) in [7, 11) is 1.77. The first-order chi connectivity index (χ1) is 8.66. The van der Waals surface area contributed by atoms with E-state index in [-0.39, 0.29) is 11.7 Å². The Balaban J connectivity index is 2.14. The standard InChI is InChI=1S/C12H13N3O3/c1-15-11-8(6-14-15)10(18-7-3-2-4-7)9(5-13-11)12(16)17/h5-7H,2-4H2,1H3,(H,16,17). The van der Waals surface area contributed by atoms with Gasteiger partial charge in [0, 0.05) is 13.2 Å². The maximum absolute atomic E-state index is 11.2. The molecule has 0 saturated heterocycles. The highest BCUT2D eigenvalue weighted by Crippen LogP contribution is 2.32. The van der Waals surface area contributed by atoms with Gasteiger partial charge >= 0.3 is 5.97 Å². The summed E-state index contributed by atoms with van der Waals surface area (Å²) in [4.78, 5) is 15.3. The van der Waals surface area contributed by atoms with Crippen LogP contribution in [0.15, 0.2) is 12.4 Å². The highest BCUT2D eigenvalue weighted by atomic mass is 16.5. The van der Waals surface area contributed by atoms with E-state index >= 15 is 0 Å². The SMILES string of the molecule is Cn1ncc2c(OC3CCC3)c(C(=O)O)cnc21. The predicted molar refractivity (Wildman–Crippen MR) is 63.7 cm³/mol. The van der Waals surface area contributed by atoms with E-state index in [2.05, 4.69) is 10.1 Å². The second kappa shape index (κ2) is 3.97. The molecule has 1 aliphatic carbocycles. The zero-order valence-corrected chi connectivity index (χ0v) is 9.96. The molecule has 0 radical (unpaired) electrons. The first-order valence-electron chi connectivity index (χ1n) is 5.87. The van der Waals surface area contributed by atoms with Crippen molar-refractivity contribution in [3.05, 3.63) is 18.0 Å². The Bertz CT molecular complexity index is 616. The molecule has 1 aliphatic rings. The van der Waals surface area contributed by atoms with Crippen LogP contribution in [0.5, 0.6) is 5.75 Å². The fourth-order valence-electron chi connectivity index (χ4n) is 2.01. The molecule has 0 amide bonds. The van der Waals surface area contributed by atoms with Gasteiger partial charge < -0.3 is 9.84 Å². The molecule has 0 spiro atoms. The number of fused-ring (bicyclic) bond motifs is 1. The minimum atomic E-state index is -1.03. The molecule has 0 bridgehead atoms. The summed E-state index contributed by atoms with van der Waals surface area (Å²) in [6.07, 6.45) is 6.14. The van der Waals surface area contributed by atoms with E-state index in [4.69, 9.17) is 4.74 Å². The van der Waals surface area contributed by atoms with Gasteiger partial charge in [-0.25, -0.2) is 9.78 Å². The van der Waals surface area contributed by atoms with E-state index < -0.39 is 5.97 Å². The normalized spacial score (nSPS) is 15.6. The van der Waals surface area contributed by atoms with Gasteiger partial charge in [0.1, 0.15) is 11.3 Å². The lowest BCUT2D eigenvalue weighted by molar-refractivity contribution is 0.0680. The van der Waals surface area contributed by atoms with Crippen molar-refractivity contribution in [2.75, 3.05) is 0 Å². The highest BCUT2D eigenvalue weighted by molar-refractivity contribution is 5.97. The first kappa shape index (κ1) is 11.0. The van der Waals surface area contributed by atoms with Crippen molar-refractivity contribution < 1.29 is 14.6 Å². The highest BCUT2D eigenvalue weighted by Gasteiger charge is 2.25. The second-order valence-corrected chi connectivity index (χ2v) is 4.48. The molecule has 1 fully saturated rings. The molecule has 2 aromatic heterocycles. The molecule has 6 nitrogen and oxygen atoms in total. The zero-order chi connectivity index (χ0) is 12.7. The summed E-state index contributed by atoms with van der Waals surface area (Å²) in [5.41, 5.74) is 0.733. The molecule has 0 aliphatic heterocycles. The van der Waals surface area contributed by atoms with Crippen molar-refractivity contribution in [1.29, 1.82) is 0 Å². The predicted octanol–water partition coefficient (Wildman–Crippen LogP) is 1.60. The summed E-state index contributed by atoms with van der Waals surface area (Å²) >= 11 is 0. The Morgan fingerprint density at radius 1 is 1.50 bits per heavy atom. The third-order valence-corrected chi connectivity index (χ3v) is 3.28. The molecule has 1 saturated carbocycles. The molecule has 18 heavy (non-hydrogen) atoms. The Kier molecular flexibility index (Phi) is 2.43. The number of aromatic carboxylic acids is 1. The van der Waals surface area contributed by atoms with Crippen LogP contribution in [0.3, 0.4) is 0 Å². The lowest BCUT2D eigenvalue weighted by atomic mass is 9.96. The Morgan fingerprint density at radius 3 is 2.89 bits per heavy atom. The number of nitrogens with zero attached hydrogens (tertiary/aromatic N) is 3. The van der Waals surface area contributed by atoms with E-state index in [9.17, 15) is 9.90 Å². The number of ether oxygens (including phenoxy) is 1. The van der Waals surface area contributed by atoms with Crippen molar-refractivity contribution in [2.45, 2.75) is 25.4 Å². The zero-order valence-electron chi connectivity index (χ0n) is 9.96. The van der Waals surface area contributed by atoms with Gasteiger partial charge in [-0.05, 0) is 19.3 Å². The van der Waals surface area contributed by atoms with Gasteiger partial charge in [0.05, 0.1) is 17.7 Å². The van der Waals surface area contributed by atoms with Crippen LogP contribution in [0.2, 0.25) is 0 Å². The molecule has 3 rings (SSSR count). The van der Waals surface area contributed by atoms with E-state index in [1.807, 2.05) is 0 Å². The van der Waals surface area contributed by atoms with E-state index in [0.29, 0.717) is 16.8 Å². The molecule has 1 N–H and O–H groups in total. The van der Waals surface area contributed by atoms with Crippen LogP contribution in [-0.2, 0) is 7.05 Å². The number of carbonyl (C=O) groups is 1. The topological polar surface area (TPSA) is 77.2 Å². The van der Waals surface area contributed by atoms with Gasteiger partial charge in [0.25, 0.3) is 0 Å². The molecule has 0 unspecified atom stereocenters. The van der Waals surface area contributed by atoms with E-state index in [1.54, 1.807) is 17.9 Å². The van der Waals surface area contributed by atoms with Crippen LogP contribution in [0.4, 0.5) is 0 Å². The Hall–Kier alpha value is -2.11. The number of aryl methyl sites for hydroxylation is 1. The minimum Gasteiger partial charge on any atom is -0.489 e. The molecular weight excluding hydrogens is 234 g/mol. The van der Waals surface area contributed by atoms with Crippen molar-refractivity contribution in [2.24, 2.45) is 7.05 Å². The van der Waals surface area contributed by atoms with Crippen molar-refractivity contribution in [1.82, 2.24) is 14.8 Å². The van der Waals surface area contributed by atoms with Crippen LogP contribution in [0, 0.1) is 0 Å². The van der Waals surface area contributed by atoms with Gasteiger partial charge in [0.2, 0.25) is 0 Å². The third-order valence-electron chi connectivity index (χ3n) is 3.28. The largest absolute Gasteiger partial charge is 0.489 e. The number of carboxylic acids is 1. The van der Waals surface area contributed by atoms with Gasteiger partial charge in [-0.15, -0.1) is 0 Å². The summed E-state index contributed by atoms with van der Waals surface area (Å²) in [6, 6.07) is 0. The van der Waals surface area contributed by atoms with E-state index in [1.165, 1.54) is 6.20 Å². The summed E-state index contributed by atoms with van der Waals surface area (Å²) in [5, 5.41) is 13.9. The molecule has 0 aromatic carbocycles. The average Bonchev–Trinajstić information content (AvgIpc) is 2.65. The molecular formula is C12H13N3O3. The monoisotopic (exact) mass is 247 g/mol. The minimum absolute atomic E-state index is 0.0994. The number of pyridine rings is 1.